The third-order valence-corrected chi connectivity index (χ3v) is 2.32. The van der Waals surface area contributed by atoms with Crippen LogP contribution < -0.4 is 16.2 Å². The van der Waals surface area contributed by atoms with Crippen molar-refractivity contribution < 1.29 is 4.74 Å². The molecule has 0 atom stereocenters. The Hall–Kier alpha value is -1.45. The predicted octanol–water partition coefficient (Wildman–Crippen LogP) is 1.18. The van der Waals surface area contributed by atoms with Gasteiger partial charge in [-0.15, -0.1) is 0 Å². The van der Waals surface area contributed by atoms with Crippen molar-refractivity contribution in [2.24, 2.45) is 0 Å². The van der Waals surface area contributed by atoms with E-state index in [0.717, 1.165) is 12.8 Å². The Morgan fingerprint density at radius 2 is 2.15 bits per heavy atom. The first-order valence-corrected chi connectivity index (χ1v) is 4.44. The molecule has 4 heteroatoms. The van der Waals surface area contributed by atoms with E-state index in [1.165, 1.54) is 6.42 Å². The van der Waals surface area contributed by atoms with Gasteiger partial charge in [0, 0.05) is 6.20 Å². The minimum absolute atomic E-state index is 0.289. The maximum atomic E-state index is 5.70. The number of nitrogen functional groups attached to an aromatic ring is 2. The molecule has 0 amide bonds. The topological polar surface area (TPSA) is 74.2 Å². The monoisotopic (exact) mass is 179 g/mol. The zero-order chi connectivity index (χ0) is 9.26. The molecule has 1 saturated carbocycles. The molecule has 2 rings (SSSR count). The molecule has 1 aromatic heterocycles. The van der Waals surface area contributed by atoms with E-state index in [2.05, 4.69) is 4.98 Å². The highest BCUT2D eigenvalue weighted by atomic mass is 16.5. The Labute approximate surface area is 76.9 Å². The Kier molecular flexibility index (Phi) is 1.96. The molecule has 70 valence electrons. The van der Waals surface area contributed by atoms with Crippen LogP contribution in [0.1, 0.15) is 19.3 Å². The van der Waals surface area contributed by atoms with E-state index in [1.54, 1.807) is 12.3 Å². The predicted molar refractivity (Wildman–Crippen MR) is 51.3 cm³/mol. The van der Waals surface area contributed by atoms with Crippen molar-refractivity contribution in [3.63, 3.8) is 0 Å². The first kappa shape index (κ1) is 8.16. The van der Waals surface area contributed by atoms with E-state index in [1.807, 2.05) is 0 Å². The second kappa shape index (κ2) is 3.12. The average molecular weight is 179 g/mol. The number of anilines is 2. The number of rotatable bonds is 2. The summed E-state index contributed by atoms with van der Waals surface area (Å²) in [5.41, 5.74) is 12.3. The number of pyridine rings is 1. The Morgan fingerprint density at radius 3 is 2.77 bits per heavy atom. The molecule has 4 N–H and O–H groups in total. The lowest BCUT2D eigenvalue weighted by Crippen LogP contribution is -2.25. The number of nitrogens with zero attached hydrogens (tertiary/aromatic N) is 1. The molecular weight excluding hydrogens is 166 g/mol. The quantitative estimate of drug-likeness (QED) is 0.714. The van der Waals surface area contributed by atoms with Gasteiger partial charge in [-0.25, -0.2) is 4.98 Å². The van der Waals surface area contributed by atoms with Crippen molar-refractivity contribution in [2.75, 3.05) is 11.5 Å². The summed E-state index contributed by atoms with van der Waals surface area (Å²) in [6, 6.07) is 1.67. The van der Waals surface area contributed by atoms with Gasteiger partial charge >= 0.3 is 0 Å². The standard InChI is InChI=1S/C9H13N3O/c10-7-4-5-12-9(8(7)11)13-6-2-1-3-6/h4-6H,1-3,11H2,(H2,10,12). The largest absolute Gasteiger partial charge is 0.473 e. The van der Waals surface area contributed by atoms with Crippen molar-refractivity contribution in [1.82, 2.24) is 4.98 Å². The number of hydrogen-bond acceptors (Lipinski definition) is 4. The molecule has 0 spiro atoms. The molecule has 0 saturated heterocycles. The molecule has 0 bridgehead atoms. The van der Waals surface area contributed by atoms with E-state index >= 15 is 0 Å². The molecule has 0 aromatic carbocycles. The van der Waals surface area contributed by atoms with E-state index < -0.39 is 0 Å². The number of nitrogens with two attached hydrogens (primary N) is 2. The van der Waals surface area contributed by atoms with Gasteiger partial charge in [0.25, 0.3) is 0 Å². The fourth-order valence-electron chi connectivity index (χ4n) is 1.21. The molecule has 1 aliphatic carbocycles. The van der Waals surface area contributed by atoms with E-state index in [0.29, 0.717) is 17.3 Å². The van der Waals surface area contributed by atoms with Crippen molar-refractivity contribution in [3.05, 3.63) is 12.3 Å². The highest BCUT2D eigenvalue weighted by Crippen LogP contribution is 2.29. The molecule has 13 heavy (non-hydrogen) atoms. The minimum Gasteiger partial charge on any atom is -0.473 e. The van der Waals surface area contributed by atoms with Crippen LogP contribution in [0.5, 0.6) is 5.88 Å². The highest BCUT2D eigenvalue weighted by molar-refractivity contribution is 5.67. The van der Waals surface area contributed by atoms with Gasteiger partial charge in [-0.1, -0.05) is 0 Å². The minimum atomic E-state index is 0.289. The van der Waals surface area contributed by atoms with Crippen LogP contribution in [0.4, 0.5) is 11.4 Å². The summed E-state index contributed by atoms with van der Waals surface area (Å²) < 4.78 is 5.55. The van der Waals surface area contributed by atoms with Gasteiger partial charge in [0.15, 0.2) is 0 Å². The Bertz CT molecular complexity index is 310. The molecular formula is C9H13N3O. The summed E-state index contributed by atoms with van der Waals surface area (Å²) in [5.74, 6) is 0.477. The van der Waals surface area contributed by atoms with Gasteiger partial charge in [0.05, 0.1) is 5.69 Å². The van der Waals surface area contributed by atoms with E-state index in [4.69, 9.17) is 16.2 Å². The lowest BCUT2D eigenvalue weighted by molar-refractivity contribution is 0.115. The Morgan fingerprint density at radius 1 is 1.38 bits per heavy atom. The van der Waals surface area contributed by atoms with Crippen molar-refractivity contribution in [3.8, 4) is 5.88 Å². The smallest absolute Gasteiger partial charge is 0.239 e. The van der Waals surface area contributed by atoms with Gasteiger partial charge in [-0.05, 0) is 25.3 Å². The van der Waals surface area contributed by atoms with Crippen LogP contribution in [0.15, 0.2) is 12.3 Å². The van der Waals surface area contributed by atoms with Crippen LogP contribution in [-0.4, -0.2) is 11.1 Å². The number of aromatic nitrogens is 1. The maximum Gasteiger partial charge on any atom is 0.239 e. The highest BCUT2D eigenvalue weighted by Gasteiger charge is 2.20. The summed E-state index contributed by atoms with van der Waals surface area (Å²) in [4.78, 5) is 4.03. The SMILES string of the molecule is Nc1ccnc(OC2CCC2)c1N. The summed E-state index contributed by atoms with van der Waals surface area (Å²) in [6.45, 7) is 0. The van der Waals surface area contributed by atoms with Crippen molar-refractivity contribution in [2.45, 2.75) is 25.4 Å². The molecule has 1 fully saturated rings. The van der Waals surface area contributed by atoms with Crippen LogP contribution in [0, 0.1) is 0 Å². The first-order valence-electron chi connectivity index (χ1n) is 4.44. The third-order valence-electron chi connectivity index (χ3n) is 2.32. The molecule has 0 aliphatic heterocycles. The van der Waals surface area contributed by atoms with Crippen molar-refractivity contribution >= 4 is 11.4 Å². The molecule has 0 unspecified atom stereocenters. The summed E-state index contributed by atoms with van der Waals surface area (Å²) in [7, 11) is 0. The van der Waals surface area contributed by atoms with Gasteiger partial charge in [-0.3, -0.25) is 0 Å². The summed E-state index contributed by atoms with van der Waals surface area (Å²) in [5, 5.41) is 0. The van der Waals surface area contributed by atoms with Gasteiger partial charge in [-0.2, -0.15) is 0 Å². The molecule has 0 radical (unpaired) electrons. The fraction of sp³-hybridized carbons (Fsp3) is 0.444. The lowest BCUT2D eigenvalue weighted by Gasteiger charge is -2.26. The maximum absolute atomic E-state index is 5.70. The zero-order valence-electron chi connectivity index (χ0n) is 7.36. The van der Waals surface area contributed by atoms with Crippen LogP contribution in [0.3, 0.4) is 0 Å². The molecule has 1 heterocycles. The summed E-state index contributed by atoms with van der Waals surface area (Å²) in [6.07, 6.45) is 5.31. The van der Waals surface area contributed by atoms with Gasteiger partial charge < -0.3 is 16.2 Å². The van der Waals surface area contributed by atoms with Crippen LogP contribution >= 0.6 is 0 Å². The fourth-order valence-corrected chi connectivity index (χ4v) is 1.21. The second-order valence-corrected chi connectivity index (χ2v) is 3.29. The number of hydrogen-bond donors (Lipinski definition) is 2. The van der Waals surface area contributed by atoms with Gasteiger partial charge in [0.1, 0.15) is 11.8 Å². The van der Waals surface area contributed by atoms with Crippen molar-refractivity contribution in [1.29, 1.82) is 0 Å². The number of ether oxygens (including phenoxy) is 1. The zero-order valence-corrected chi connectivity index (χ0v) is 7.36. The summed E-state index contributed by atoms with van der Waals surface area (Å²) >= 11 is 0. The van der Waals surface area contributed by atoms with E-state index in [-0.39, 0.29) is 6.10 Å². The lowest BCUT2D eigenvalue weighted by atomic mass is 9.96. The van der Waals surface area contributed by atoms with Crippen LogP contribution in [0.25, 0.3) is 0 Å². The van der Waals surface area contributed by atoms with Crippen LogP contribution in [-0.2, 0) is 0 Å². The first-order chi connectivity index (χ1) is 6.27. The molecule has 1 aliphatic rings. The Balaban J connectivity index is 2.14. The normalized spacial score (nSPS) is 16.6. The van der Waals surface area contributed by atoms with Gasteiger partial charge in [0.2, 0.25) is 5.88 Å². The average Bonchev–Trinajstić information content (AvgIpc) is 2.04. The van der Waals surface area contributed by atoms with Crippen LogP contribution in [0.2, 0.25) is 0 Å². The second-order valence-electron chi connectivity index (χ2n) is 3.29. The third kappa shape index (κ3) is 1.52. The van der Waals surface area contributed by atoms with E-state index in [9.17, 15) is 0 Å². The molecule has 1 aromatic rings. The molecule has 4 nitrogen and oxygen atoms in total.